The molecule has 0 aliphatic heterocycles. The van der Waals surface area contributed by atoms with E-state index in [0.29, 0.717) is 0 Å². The summed E-state index contributed by atoms with van der Waals surface area (Å²) >= 11 is 0. The SMILES string of the molecule is [Ce].[H-].[H-].[Mg+2].[Ti].[Y]. The van der Waals surface area contributed by atoms with Gasteiger partial charge in [-0.25, -0.2) is 0 Å². The maximum absolute atomic E-state index is 0. The Kier molecular flexibility index (Phi) is 96.9. The molecule has 0 saturated heterocycles. The second-order valence-electron chi connectivity index (χ2n) is 0. The van der Waals surface area contributed by atoms with Gasteiger partial charge >= 0.3 is 23.1 Å². The fourth-order valence-corrected chi connectivity index (χ4v) is 0. The van der Waals surface area contributed by atoms with Crippen LogP contribution in [0.5, 0.6) is 0 Å². The van der Waals surface area contributed by atoms with Gasteiger partial charge < -0.3 is 2.85 Å². The van der Waals surface area contributed by atoms with E-state index >= 15 is 0 Å². The van der Waals surface area contributed by atoms with Gasteiger partial charge in [0.25, 0.3) is 0 Å². The first kappa shape index (κ1) is 24.6. The molecule has 0 bridgehead atoms. The van der Waals surface area contributed by atoms with Crippen molar-refractivity contribution in [1.29, 1.82) is 0 Å². The number of hydrogen-bond acceptors (Lipinski definition) is 0. The Morgan fingerprint density at radius 3 is 1.25 bits per heavy atom. The summed E-state index contributed by atoms with van der Waals surface area (Å²) in [6.07, 6.45) is 0. The third-order valence-electron chi connectivity index (χ3n) is 0. The summed E-state index contributed by atoms with van der Waals surface area (Å²) in [6.45, 7) is 0. The molecule has 0 N–H and O–H groups in total. The summed E-state index contributed by atoms with van der Waals surface area (Å²) in [5, 5.41) is 0. The van der Waals surface area contributed by atoms with E-state index in [1.54, 1.807) is 0 Å². The Bertz CT molecular complexity index is 13.5. The molecule has 0 aliphatic carbocycles. The molecule has 0 rings (SSSR count). The Morgan fingerprint density at radius 1 is 1.25 bits per heavy atom. The average molecular weight is 303 g/mol. The van der Waals surface area contributed by atoms with E-state index in [0.717, 1.165) is 0 Å². The minimum atomic E-state index is 0. The van der Waals surface area contributed by atoms with Crippen LogP contribution in [0.15, 0.2) is 0 Å². The topological polar surface area (TPSA) is 0 Å². The predicted octanol–water partition coefficient (Wildman–Crippen LogP) is -0.161. The van der Waals surface area contributed by atoms with Crippen molar-refractivity contribution in [2.24, 2.45) is 0 Å². The molecule has 0 aliphatic rings. The van der Waals surface area contributed by atoms with Crippen LogP contribution in [0.3, 0.4) is 0 Å². The average Bonchev–Trinajstić information content (AvgIpc) is 0. The molecule has 0 aromatic rings. The van der Waals surface area contributed by atoms with Crippen molar-refractivity contribution < 1.29 is 99.0 Å². The van der Waals surface area contributed by atoms with Crippen molar-refractivity contribution in [3.05, 3.63) is 0 Å². The van der Waals surface area contributed by atoms with Gasteiger partial charge in [0.2, 0.25) is 0 Å². The van der Waals surface area contributed by atoms with Crippen LogP contribution in [-0.4, -0.2) is 23.1 Å². The molecule has 0 aromatic carbocycles. The van der Waals surface area contributed by atoms with Gasteiger partial charge in [-0.1, -0.05) is 0 Å². The normalized spacial score (nSPS) is 0. The number of hydrogen-bond donors (Lipinski definition) is 0. The van der Waals surface area contributed by atoms with E-state index in [9.17, 15) is 0 Å². The van der Waals surface area contributed by atoms with E-state index in [1.807, 2.05) is 0 Å². The van der Waals surface area contributed by atoms with Crippen LogP contribution in [0.25, 0.3) is 0 Å². The monoisotopic (exact) mass is 303 g/mol. The molecular formula is H2CeMgTiY. The van der Waals surface area contributed by atoms with Crippen LogP contribution in [0.1, 0.15) is 2.85 Å². The molecule has 4 heavy (non-hydrogen) atoms. The zero-order valence-electron chi connectivity index (χ0n) is 4.28. The van der Waals surface area contributed by atoms with Gasteiger partial charge in [-0.15, -0.1) is 0 Å². The zero-order chi connectivity index (χ0) is 0. The molecule has 0 nitrogen and oxygen atoms in total. The quantitative estimate of drug-likeness (QED) is 0.546. The van der Waals surface area contributed by atoms with Gasteiger partial charge in [-0.3, -0.25) is 0 Å². The first-order valence-corrected chi connectivity index (χ1v) is 0. The minimum Gasteiger partial charge on any atom is -1.00 e. The third-order valence-corrected chi connectivity index (χ3v) is 0. The summed E-state index contributed by atoms with van der Waals surface area (Å²) in [4.78, 5) is 0. The van der Waals surface area contributed by atoms with Crippen molar-refractivity contribution in [2.45, 2.75) is 0 Å². The zero-order valence-corrected chi connectivity index (χ0v) is 11.2. The van der Waals surface area contributed by atoms with E-state index in [4.69, 9.17) is 0 Å². The van der Waals surface area contributed by atoms with Crippen molar-refractivity contribution in [1.82, 2.24) is 0 Å². The Labute approximate surface area is 119 Å². The van der Waals surface area contributed by atoms with E-state index in [1.165, 1.54) is 0 Å². The number of rotatable bonds is 0. The van der Waals surface area contributed by atoms with Gasteiger partial charge in [-0.05, 0) is 0 Å². The second-order valence-corrected chi connectivity index (χ2v) is 0. The van der Waals surface area contributed by atoms with Crippen LogP contribution in [0.2, 0.25) is 0 Å². The summed E-state index contributed by atoms with van der Waals surface area (Å²) in [7, 11) is 0. The summed E-state index contributed by atoms with van der Waals surface area (Å²) < 4.78 is 0. The van der Waals surface area contributed by atoms with Gasteiger partial charge in [0.05, 0.1) is 0 Å². The Balaban J connectivity index is 0. The predicted molar refractivity (Wildman–Crippen MR) is 7.98 cm³/mol. The van der Waals surface area contributed by atoms with Crippen LogP contribution >= 0.6 is 0 Å². The van der Waals surface area contributed by atoms with E-state index < -0.39 is 0 Å². The molecule has 15 valence electrons. The molecule has 0 aromatic heterocycles. The first-order chi connectivity index (χ1) is 0. The largest absolute Gasteiger partial charge is 2.00 e. The van der Waals surface area contributed by atoms with Crippen LogP contribution < -0.4 is 0 Å². The maximum atomic E-state index is 0. The molecule has 4 heteroatoms. The Morgan fingerprint density at radius 2 is 1.25 bits per heavy atom. The van der Waals surface area contributed by atoms with Crippen molar-refractivity contribution in [2.75, 3.05) is 0 Å². The van der Waals surface area contributed by atoms with Gasteiger partial charge in [0, 0.05) is 96.2 Å². The molecule has 0 fully saturated rings. The van der Waals surface area contributed by atoms with Gasteiger partial charge in [0.1, 0.15) is 0 Å². The molecule has 0 unspecified atom stereocenters. The molecule has 0 saturated carbocycles. The smallest absolute Gasteiger partial charge is 1.00 e. The van der Waals surface area contributed by atoms with Crippen molar-refractivity contribution in [3.63, 3.8) is 0 Å². The summed E-state index contributed by atoms with van der Waals surface area (Å²) in [6, 6.07) is 0. The Hall–Kier alpha value is 3.96. The maximum Gasteiger partial charge on any atom is 2.00 e. The van der Waals surface area contributed by atoms with Gasteiger partial charge in [-0.2, -0.15) is 0 Å². The van der Waals surface area contributed by atoms with E-state index in [-0.39, 0.29) is 122 Å². The van der Waals surface area contributed by atoms with Crippen LogP contribution in [0.4, 0.5) is 0 Å². The fraction of sp³-hybridized carbons (Fsp3) is 0. The van der Waals surface area contributed by atoms with Crippen molar-refractivity contribution in [3.8, 4) is 0 Å². The molecule has 0 amide bonds. The van der Waals surface area contributed by atoms with E-state index in [2.05, 4.69) is 0 Å². The molecule has 0 heterocycles. The fourth-order valence-electron chi connectivity index (χ4n) is 0. The minimum absolute atomic E-state index is 0. The molecule has 0 atom stereocenters. The summed E-state index contributed by atoms with van der Waals surface area (Å²) in [5.74, 6) is 0. The van der Waals surface area contributed by atoms with Crippen LogP contribution in [-0.2, 0) is 54.4 Å². The van der Waals surface area contributed by atoms with Crippen molar-refractivity contribution >= 4 is 23.1 Å². The molecule has 0 spiro atoms. The second kappa shape index (κ2) is 15.8. The standard InChI is InChI=1S/Ce.Mg.Ti.Y.2H/q;+2;;;2*-1. The van der Waals surface area contributed by atoms with Gasteiger partial charge in [0.15, 0.2) is 0 Å². The third kappa shape index (κ3) is 9.35. The molecule has 1 radical (unpaired) electrons. The summed E-state index contributed by atoms with van der Waals surface area (Å²) in [5.41, 5.74) is 0. The van der Waals surface area contributed by atoms with Crippen LogP contribution in [0, 0.1) is 41.7 Å². The molecular weight excluding hydrogens is 301 g/mol. The first-order valence-electron chi connectivity index (χ1n) is 0.